The number of benzene rings is 1. The summed E-state index contributed by atoms with van der Waals surface area (Å²) >= 11 is 0. The van der Waals surface area contributed by atoms with Gasteiger partial charge in [0.1, 0.15) is 0 Å². The highest BCUT2D eigenvalue weighted by Crippen LogP contribution is 2.25. The van der Waals surface area contributed by atoms with E-state index < -0.39 is 19.9 Å². The van der Waals surface area contributed by atoms with Crippen molar-refractivity contribution >= 4 is 32.3 Å². The first-order valence-electron chi connectivity index (χ1n) is 7.77. The Balaban J connectivity index is 0.00000208. The van der Waals surface area contributed by atoms with E-state index in [0.717, 1.165) is 25.5 Å². The molecule has 0 amide bonds. The Hall–Kier alpha value is -0.670. The minimum atomic E-state index is -3.52. The zero-order valence-electron chi connectivity index (χ0n) is 13.5. The molecule has 0 radical (unpaired) electrons. The fraction of sp³-hybridized carbons (Fsp3) is 0.600. The van der Waals surface area contributed by atoms with E-state index in [1.54, 1.807) is 16.4 Å². The first kappa shape index (κ1) is 19.7. The smallest absolute Gasteiger partial charge is 0.243 e. The van der Waals surface area contributed by atoms with Crippen LogP contribution < -0.4 is 5.32 Å². The van der Waals surface area contributed by atoms with Crippen molar-refractivity contribution in [2.45, 2.75) is 42.0 Å². The summed E-state index contributed by atoms with van der Waals surface area (Å²) in [7, 11) is -6.65. The van der Waals surface area contributed by atoms with Gasteiger partial charge in [0.15, 0.2) is 9.84 Å². The van der Waals surface area contributed by atoms with Crippen LogP contribution in [0.4, 0.5) is 0 Å². The molecule has 136 valence electrons. The molecule has 2 unspecified atom stereocenters. The molecule has 2 aliphatic rings. The monoisotopic (exact) mass is 394 g/mol. The van der Waals surface area contributed by atoms with E-state index in [2.05, 4.69) is 5.32 Å². The van der Waals surface area contributed by atoms with Gasteiger partial charge in [-0.2, -0.15) is 4.31 Å². The molecule has 0 saturated carbocycles. The number of hydrogen-bond donors (Lipinski definition) is 1. The van der Waals surface area contributed by atoms with Gasteiger partial charge in [0, 0.05) is 31.4 Å². The molecule has 2 saturated heterocycles. The first-order chi connectivity index (χ1) is 10.7. The predicted octanol–water partition coefficient (Wildman–Crippen LogP) is 1.17. The molecule has 1 N–H and O–H groups in total. The quantitative estimate of drug-likeness (QED) is 0.828. The molecule has 2 heterocycles. The van der Waals surface area contributed by atoms with Gasteiger partial charge >= 0.3 is 0 Å². The standard InChI is InChI=1S/C15H22N2O4S2.ClH/c1-22(18,19)11-12-2-6-15(7-3-12)23(20,21)17-9-8-13-4-5-14(10-17)16-13;/h2-3,6-7,13-14,16H,4-5,8-11H2,1H3;1H. The van der Waals surface area contributed by atoms with Crippen molar-refractivity contribution in [2.75, 3.05) is 19.3 Å². The lowest BCUT2D eigenvalue weighted by molar-refractivity contribution is 0.383. The van der Waals surface area contributed by atoms with Crippen LogP contribution in [0.5, 0.6) is 0 Å². The molecule has 2 aliphatic heterocycles. The summed E-state index contributed by atoms with van der Waals surface area (Å²) < 4.78 is 49.8. The number of sulfonamides is 1. The number of fused-ring (bicyclic) bond motifs is 2. The number of nitrogens with one attached hydrogen (secondary N) is 1. The van der Waals surface area contributed by atoms with Crippen LogP contribution in [0.25, 0.3) is 0 Å². The fourth-order valence-electron chi connectivity index (χ4n) is 3.34. The van der Waals surface area contributed by atoms with E-state index >= 15 is 0 Å². The molecule has 24 heavy (non-hydrogen) atoms. The van der Waals surface area contributed by atoms with Gasteiger partial charge in [0.05, 0.1) is 10.6 Å². The summed E-state index contributed by atoms with van der Waals surface area (Å²) in [5.74, 6) is -0.0787. The predicted molar refractivity (Wildman–Crippen MR) is 95.6 cm³/mol. The fourth-order valence-corrected chi connectivity index (χ4v) is 5.64. The Morgan fingerprint density at radius 3 is 2.29 bits per heavy atom. The number of rotatable bonds is 4. The van der Waals surface area contributed by atoms with Gasteiger partial charge in [-0.3, -0.25) is 0 Å². The number of halogens is 1. The maximum atomic E-state index is 12.8. The summed E-state index contributed by atoms with van der Waals surface area (Å²) in [6.07, 6.45) is 4.14. The van der Waals surface area contributed by atoms with Gasteiger partial charge in [-0.25, -0.2) is 16.8 Å². The lowest BCUT2D eigenvalue weighted by Gasteiger charge is -2.23. The minimum Gasteiger partial charge on any atom is -0.310 e. The van der Waals surface area contributed by atoms with E-state index in [1.165, 1.54) is 12.1 Å². The third kappa shape index (κ3) is 4.49. The van der Waals surface area contributed by atoms with Crippen molar-refractivity contribution in [2.24, 2.45) is 0 Å². The second-order valence-electron chi connectivity index (χ2n) is 6.50. The molecule has 9 heteroatoms. The van der Waals surface area contributed by atoms with E-state index in [1.807, 2.05) is 0 Å². The van der Waals surface area contributed by atoms with E-state index in [0.29, 0.717) is 24.7 Å². The van der Waals surface area contributed by atoms with Crippen LogP contribution in [0, 0.1) is 0 Å². The maximum Gasteiger partial charge on any atom is 0.243 e. The average molecular weight is 395 g/mol. The van der Waals surface area contributed by atoms with E-state index in [4.69, 9.17) is 0 Å². The zero-order chi connectivity index (χ0) is 16.7. The van der Waals surface area contributed by atoms with Crippen LogP contribution in [-0.4, -0.2) is 52.6 Å². The molecule has 1 aromatic carbocycles. The van der Waals surface area contributed by atoms with Gasteiger partial charge in [-0.1, -0.05) is 12.1 Å². The molecule has 1 aromatic rings. The highest BCUT2D eigenvalue weighted by atomic mass is 35.5. The minimum absolute atomic E-state index is 0. The summed E-state index contributed by atoms with van der Waals surface area (Å²) in [6.45, 7) is 1.03. The normalized spacial score (nSPS) is 25.0. The van der Waals surface area contributed by atoms with Gasteiger partial charge in [0.2, 0.25) is 10.0 Å². The molecule has 2 fully saturated rings. The molecule has 2 bridgehead atoms. The Morgan fingerprint density at radius 1 is 1.04 bits per heavy atom. The van der Waals surface area contributed by atoms with Gasteiger partial charge in [-0.05, 0) is 37.0 Å². The highest BCUT2D eigenvalue weighted by molar-refractivity contribution is 7.90. The van der Waals surface area contributed by atoms with Crippen molar-refractivity contribution in [3.8, 4) is 0 Å². The topological polar surface area (TPSA) is 83.5 Å². The van der Waals surface area contributed by atoms with Crippen molar-refractivity contribution < 1.29 is 16.8 Å². The molecular formula is C15H23ClN2O4S2. The number of hydrogen-bond acceptors (Lipinski definition) is 5. The SMILES string of the molecule is CS(=O)(=O)Cc1ccc(S(=O)(=O)N2CCC3CCC(C2)N3)cc1.Cl. The van der Waals surface area contributed by atoms with Crippen LogP contribution in [0.2, 0.25) is 0 Å². The lowest BCUT2D eigenvalue weighted by Crippen LogP contribution is -2.39. The molecular weight excluding hydrogens is 372 g/mol. The Kier molecular flexibility index (Phi) is 5.97. The largest absolute Gasteiger partial charge is 0.310 e. The molecule has 0 spiro atoms. The van der Waals surface area contributed by atoms with Crippen molar-refractivity contribution in [1.29, 1.82) is 0 Å². The summed E-state index contributed by atoms with van der Waals surface area (Å²) in [4.78, 5) is 0.229. The van der Waals surface area contributed by atoms with E-state index in [-0.39, 0.29) is 29.1 Å². The summed E-state index contributed by atoms with van der Waals surface area (Å²) in [5, 5.41) is 3.47. The zero-order valence-corrected chi connectivity index (χ0v) is 16.0. The molecule has 6 nitrogen and oxygen atoms in total. The summed E-state index contributed by atoms with van der Waals surface area (Å²) in [6, 6.07) is 6.84. The molecule has 0 aromatic heterocycles. The third-order valence-electron chi connectivity index (χ3n) is 4.48. The van der Waals surface area contributed by atoms with Crippen molar-refractivity contribution in [3.05, 3.63) is 29.8 Å². The maximum absolute atomic E-state index is 12.8. The Bertz CT molecular complexity index is 778. The molecule has 2 atom stereocenters. The average Bonchev–Trinajstić information content (AvgIpc) is 2.76. The van der Waals surface area contributed by atoms with Gasteiger partial charge < -0.3 is 5.32 Å². The molecule has 3 rings (SSSR count). The lowest BCUT2D eigenvalue weighted by atomic mass is 10.1. The first-order valence-corrected chi connectivity index (χ1v) is 11.3. The summed E-state index contributed by atoms with van der Waals surface area (Å²) in [5.41, 5.74) is 0.600. The highest BCUT2D eigenvalue weighted by Gasteiger charge is 2.34. The van der Waals surface area contributed by atoms with Crippen LogP contribution >= 0.6 is 12.4 Å². The van der Waals surface area contributed by atoms with Crippen molar-refractivity contribution in [1.82, 2.24) is 9.62 Å². The van der Waals surface area contributed by atoms with Gasteiger partial charge in [-0.15, -0.1) is 12.4 Å². The third-order valence-corrected chi connectivity index (χ3v) is 7.21. The van der Waals surface area contributed by atoms with Gasteiger partial charge in [0.25, 0.3) is 0 Å². The second kappa shape index (κ2) is 7.29. The van der Waals surface area contributed by atoms with Crippen LogP contribution in [0.15, 0.2) is 29.2 Å². The number of sulfone groups is 1. The second-order valence-corrected chi connectivity index (χ2v) is 10.6. The Morgan fingerprint density at radius 2 is 1.67 bits per heavy atom. The molecule has 0 aliphatic carbocycles. The Labute approximate surface area is 150 Å². The number of nitrogens with zero attached hydrogens (tertiary/aromatic N) is 1. The van der Waals surface area contributed by atoms with Crippen LogP contribution in [-0.2, 0) is 25.6 Å². The van der Waals surface area contributed by atoms with E-state index in [9.17, 15) is 16.8 Å². The van der Waals surface area contributed by atoms with Crippen LogP contribution in [0.1, 0.15) is 24.8 Å². The van der Waals surface area contributed by atoms with Crippen LogP contribution in [0.3, 0.4) is 0 Å². The van der Waals surface area contributed by atoms with Crippen molar-refractivity contribution in [3.63, 3.8) is 0 Å².